The van der Waals surface area contributed by atoms with Gasteiger partial charge in [-0.1, -0.05) is 25.1 Å². The topological polar surface area (TPSA) is 83.6 Å². The summed E-state index contributed by atoms with van der Waals surface area (Å²) in [5.41, 5.74) is 2.38. The smallest absolute Gasteiger partial charge is 0.406 e. The number of carbonyl (C=O) groups excluding carboxylic acids is 2. The Morgan fingerprint density at radius 1 is 1.08 bits per heavy atom. The molecule has 36 heavy (non-hydrogen) atoms. The first kappa shape index (κ1) is 25.3. The van der Waals surface area contributed by atoms with Crippen molar-refractivity contribution >= 4 is 28.5 Å². The molecule has 4 rings (SSSR count). The summed E-state index contributed by atoms with van der Waals surface area (Å²) in [6, 6.07) is 12.5. The van der Waals surface area contributed by atoms with E-state index in [4.69, 9.17) is 0 Å². The Hall–Kier alpha value is -3.82. The van der Waals surface area contributed by atoms with Gasteiger partial charge in [0.2, 0.25) is 5.91 Å². The number of nitrogens with zero attached hydrogens (tertiary/aromatic N) is 2. The van der Waals surface area contributed by atoms with Crippen LogP contribution < -0.4 is 15.4 Å². The van der Waals surface area contributed by atoms with Crippen LogP contribution in [0.2, 0.25) is 0 Å². The van der Waals surface area contributed by atoms with Gasteiger partial charge in [0.25, 0.3) is 0 Å². The predicted octanol–water partition coefficient (Wildman–Crippen LogP) is 5.57. The summed E-state index contributed by atoms with van der Waals surface area (Å²) >= 11 is 0. The number of amides is 3. The molecule has 1 aliphatic heterocycles. The van der Waals surface area contributed by atoms with Gasteiger partial charge in [-0.2, -0.15) is 0 Å². The molecule has 1 aliphatic rings. The molecule has 0 bridgehead atoms. The molecule has 3 amide bonds. The number of fused-ring (bicyclic) bond motifs is 1. The van der Waals surface area contributed by atoms with E-state index in [2.05, 4.69) is 20.4 Å². The van der Waals surface area contributed by atoms with Crippen molar-refractivity contribution in [2.24, 2.45) is 5.92 Å². The summed E-state index contributed by atoms with van der Waals surface area (Å²) in [4.78, 5) is 30.4. The molecule has 0 aliphatic carbocycles. The normalized spacial score (nSPS) is 14.5. The molecule has 0 saturated carbocycles. The summed E-state index contributed by atoms with van der Waals surface area (Å²) in [7, 11) is 0. The Kier molecular flexibility index (Phi) is 7.61. The van der Waals surface area contributed by atoms with Gasteiger partial charge in [0.1, 0.15) is 5.75 Å². The lowest BCUT2D eigenvalue weighted by Crippen LogP contribution is -2.42. The number of hydrogen-bond donors (Lipinski definition) is 2. The number of anilines is 1. The Bertz CT molecular complexity index is 1240. The standard InChI is InChI=1S/C26H27F3N4O3/c1-2-24(34)33-10-8-17(9-11-33)15-31-25(35)32-21-7-6-19-12-20(16-30-23(19)14-21)18-4-3-5-22(13-18)36-26(27,28)29/h3-7,12-14,16-17H,2,8-11,15H2,1H3,(H2,31,32,35). The van der Waals surface area contributed by atoms with Crippen molar-refractivity contribution in [3.63, 3.8) is 0 Å². The van der Waals surface area contributed by atoms with Crippen LogP contribution in [-0.4, -0.2) is 47.8 Å². The molecule has 7 nitrogen and oxygen atoms in total. The van der Waals surface area contributed by atoms with Gasteiger partial charge in [0.15, 0.2) is 0 Å². The molecule has 190 valence electrons. The number of halogens is 3. The van der Waals surface area contributed by atoms with Crippen LogP contribution in [0.25, 0.3) is 22.0 Å². The number of benzene rings is 2. The van der Waals surface area contributed by atoms with Crippen molar-refractivity contribution in [3.05, 3.63) is 54.7 Å². The van der Waals surface area contributed by atoms with Crippen LogP contribution in [0.3, 0.4) is 0 Å². The predicted molar refractivity (Wildman–Crippen MR) is 130 cm³/mol. The van der Waals surface area contributed by atoms with Crippen molar-refractivity contribution in [1.82, 2.24) is 15.2 Å². The van der Waals surface area contributed by atoms with Gasteiger partial charge in [-0.3, -0.25) is 9.78 Å². The average Bonchev–Trinajstić information content (AvgIpc) is 2.86. The molecule has 2 N–H and O–H groups in total. The van der Waals surface area contributed by atoms with Crippen LogP contribution in [0.5, 0.6) is 5.75 Å². The second-order valence-corrected chi connectivity index (χ2v) is 8.72. The van der Waals surface area contributed by atoms with Crippen LogP contribution in [0, 0.1) is 5.92 Å². The summed E-state index contributed by atoms with van der Waals surface area (Å²) in [6.45, 7) is 3.83. The highest BCUT2D eigenvalue weighted by Gasteiger charge is 2.31. The minimum Gasteiger partial charge on any atom is -0.406 e. The maximum absolute atomic E-state index is 12.5. The number of aromatic nitrogens is 1. The zero-order valence-corrected chi connectivity index (χ0v) is 19.8. The fraction of sp³-hybridized carbons (Fsp3) is 0.346. The first-order chi connectivity index (χ1) is 17.2. The van der Waals surface area contributed by atoms with E-state index in [1.165, 1.54) is 18.2 Å². The quantitative estimate of drug-likeness (QED) is 0.464. The maximum Gasteiger partial charge on any atom is 0.573 e. The number of alkyl halides is 3. The number of pyridine rings is 1. The Morgan fingerprint density at radius 3 is 2.58 bits per heavy atom. The molecule has 1 fully saturated rings. The molecule has 1 aromatic heterocycles. The van der Waals surface area contributed by atoms with E-state index < -0.39 is 6.36 Å². The number of carbonyl (C=O) groups is 2. The van der Waals surface area contributed by atoms with Crippen molar-refractivity contribution in [2.75, 3.05) is 25.0 Å². The Labute approximate surface area is 206 Å². The van der Waals surface area contributed by atoms with Crippen molar-refractivity contribution < 1.29 is 27.5 Å². The highest BCUT2D eigenvalue weighted by molar-refractivity contribution is 5.93. The Balaban J connectivity index is 1.34. The molecule has 0 unspecified atom stereocenters. The monoisotopic (exact) mass is 500 g/mol. The zero-order valence-electron chi connectivity index (χ0n) is 19.8. The number of urea groups is 1. The number of hydrogen-bond acceptors (Lipinski definition) is 4. The van der Waals surface area contributed by atoms with Crippen LogP contribution in [0.4, 0.5) is 23.7 Å². The van der Waals surface area contributed by atoms with E-state index >= 15 is 0 Å². The largest absolute Gasteiger partial charge is 0.573 e. The SMILES string of the molecule is CCC(=O)N1CCC(CNC(=O)Nc2ccc3cc(-c4cccc(OC(F)(F)F)c4)cnc3c2)CC1. The number of ether oxygens (including phenoxy) is 1. The molecular weight excluding hydrogens is 473 g/mol. The third-order valence-corrected chi connectivity index (χ3v) is 6.16. The third-order valence-electron chi connectivity index (χ3n) is 6.16. The molecule has 0 radical (unpaired) electrons. The Morgan fingerprint density at radius 2 is 1.86 bits per heavy atom. The van der Waals surface area contributed by atoms with Gasteiger partial charge in [-0.05, 0) is 54.7 Å². The van der Waals surface area contributed by atoms with Crippen molar-refractivity contribution in [1.29, 1.82) is 0 Å². The minimum absolute atomic E-state index is 0.167. The molecule has 2 aromatic carbocycles. The number of piperidine rings is 1. The second-order valence-electron chi connectivity index (χ2n) is 8.72. The molecule has 3 aromatic rings. The first-order valence-electron chi connectivity index (χ1n) is 11.8. The van der Waals surface area contributed by atoms with E-state index in [0.717, 1.165) is 31.3 Å². The van der Waals surface area contributed by atoms with Crippen LogP contribution in [-0.2, 0) is 4.79 Å². The van der Waals surface area contributed by atoms with Gasteiger partial charge in [0, 0.05) is 48.9 Å². The number of rotatable bonds is 6. The van der Waals surface area contributed by atoms with E-state index in [1.54, 1.807) is 30.5 Å². The van der Waals surface area contributed by atoms with Crippen molar-refractivity contribution in [3.8, 4) is 16.9 Å². The van der Waals surface area contributed by atoms with Gasteiger partial charge < -0.3 is 20.3 Å². The average molecular weight is 501 g/mol. The summed E-state index contributed by atoms with van der Waals surface area (Å²) in [5.74, 6) is 0.194. The third kappa shape index (κ3) is 6.65. The van der Waals surface area contributed by atoms with E-state index in [1.807, 2.05) is 17.9 Å². The van der Waals surface area contributed by atoms with E-state index in [0.29, 0.717) is 41.2 Å². The highest BCUT2D eigenvalue weighted by atomic mass is 19.4. The van der Waals surface area contributed by atoms with Gasteiger partial charge in [-0.15, -0.1) is 13.2 Å². The van der Waals surface area contributed by atoms with Crippen molar-refractivity contribution in [2.45, 2.75) is 32.5 Å². The lowest BCUT2D eigenvalue weighted by Gasteiger charge is -2.31. The van der Waals surface area contributed by atoms with Crippen LogP contribution >= 0.6 is 0 Å². The van der Waals surface area contributed by atoms with E-state index in [9.17, 15) is 22.8 Å². The fourth-order valence-corrected chi connectivity index (χ4v) is 4.25. The van der Waals surface area contributed by atoms with Crippen LogP contribution in [0.1, 0.15) is 26.2 Å². The molecule has 10 heteroatoms. The molecule has 2 heterocycles. The van der Waals surface area contributed by atoms with E-state index in [-0.39, 0.29) is 17.7 Å². The van der Waals surface area contributed by atoms with Gasteiger partial charge >= 0.3 is 12.4 Å². The number of nitrogens with one attached hydrogen (secondary N) is 2. The fourth-order valence-electron chi connectivity index (χ4n) is 4.25. The highest BCUT2D eigenvalue weighted by Crippen LogP contribution is 2.29. The summed E-state index contributed by atoms with van der Waals surface area (Å²) in [6.07, 6.45) is -0.965. The minimum atomic E-state index is -4.76. The zero-order chi connectivity index (χ0) is 25.7. The van der Waals surface area contributed by atoms with Gasteiger partial charge in [0.05, 0.1) is 5.52 Å². The molecular formula is C26H27F3N4O3. The molecule has 0 spiro atoms. The first-order valence-corrected chi connectivity index (χ1v) is 11.8. The molecule has 0 atom stereocenters. The summed E-state index contributed by atoms with van der Waals surface area (Å²) in [5, 5.41) is 6.47. The van der Waals surface area contributed by atoms with Crippen LogP contribution in [0.15, 0.2) is 54.7 Å². The lowest BCUT2D eigenvalue weighted by atomic mass is 9.96. The number of likely N-dealkylation sites (tertiary alicyclic amines) is 1. The second kappa shape index (κ2) is 10.8. The molecule has 1 saturated heterocycles. The summed E-state index contributed by atoms with van der Waals surface area (Å²) < 4.78 is 41.6. The van der Waals surface area contributed by atoms with Gasteiger partial charge in [-0.25, -0.2) is 4.79 Å². The lowest BCUT2D eigenvalue weighted by molar-refractivity contribution is -0.274. The maximum atomic E-state index is 12.5.